The van der Waals surface area contributed by atoms with Crippen LogP contribution in [0, 0.1) is 24.6 Å². The van der Waals surface area contributed by atoms with E-state index in [1.807, 2.05) is 0 Å². The molecule has 9 atom stereocenters. The van der Waals surface area contributed by atoms with E-state index in [1.165, 1.54) is 43.3 Å². The van der Waals surface area contributed by atoms with Gasteiger partial charge in [-0.3, -0.25) is 48.1 Å². The van der Waals surface area contributed by atoms with Crippen molar-refractivity contribution in [3.8, 4) is 11.4 Å². The van der Waals surface area contributed by atoms with Gasteiger partial charge in [0.2, 0.25) is 23.6 Å². The summed E-state index contributed by atoms with van der Waals surface area (Å²) in [5.41, 5.74) is 1.23. The number of hydrogen-bond donors (Lipinski definition) is 9. The number of ketones is 2. The number of halogens is 1. The number of amides is 6. The van der Waals surface area contributed by atoms with Gasteiger partial charge in [0, 0.05) is 110 Å². The van der Waals surface area contributed by atoms with E-state index < -0.39 is 151 Å². The van der Waals surface area contributed by atoms with Crippen LogP contribution in [0.5, 0.6) is 0 Å². The number of rotatable bonds is 30. The van der Waals surface area contributed by atoms with Crippen molar-refractivity contribution in [1.82, 2.24) is 35.3 Å². The molecular formula is C55H70FN7O17S2. The van der Waals surface area contributed by atoms with Crippen LogP contribution < -0.4 is 21.5 Å². The van der Waals surface area contributed by atoms with Gasteiger partial charge in [0.05, 0.1) is 53.6 Å². The number of hydrogen-bond acceptors (Lipinski definition) is 20. The average molecular weight is 1180 g/mol. The molecule has 3 aliphatic heterocycles. The number of ether oxygens (including phenoxy) is 1. The quantitative estimate of drug-likeness (QED) is 0.0140. The Hall–Kier alpha value is -6.46. The number of aromatic nitrogens is 2. The largest absolute Gasteiger partial charge is 0.458 e. The predicted molar refractivity (Wildman–Crippen MR) is 296 cm³/mol. The number of aryl methyl sites for hydroxylation is 1. The lowest BCUT2D eigenvalue weighted by Gasteiger charge is -2.31. The number of aliphatic hydroxyl groups excluding tert-OH is 5. The van der Waals surface area contributed by atoms with Crippen molar-refractivity contribution in [2.75, 3.05) is 44.1 Å². The van der Waals surface area contributed by atoms with E-state index in [0.717, 1.165) is 38.5 Å². The van der Waals surface area contributed by atoms with Gasteiger partial charge in [-0.2, -0.15) is 11.8 Å². The summed E-state index contributed by atoms with van der Waals surface area (Å²) < 4.78 is 21.7. The molecule has 9 N–H and O–H groups in total. The topological polar surface area (TPSA) is 362 Å². The lowest BCUT2D eigenvalue weighted by atomic mass is 9.86. The van der Waals surface area contributed by atoms with Crippen LogP contribution in [-0.2, 0) is 72.4 Å². The number of cyclic esters (lactones) is 1. The predicted octanol–water partition coefficient (Wildman–Crippen LogP) is -0.263. The molecule has 0 radical (unpaired) electrons. The molecule has 24 nitrogen and oxygen atoms in total. The van der Waals surface area contributed by atoms with Crippen LogP contribution in [0.15, 0.2) is 35.1 Å². The summed E-state index contributed by atoms with van der Waals surface area (Å²) in [6, 6.07) is 2.24. The number of fused-ring (bicyclic) bond motifs is 5. The van der Waals surface area contributed by atoms with E-state index in [-0.39, 0.29) is 56.0 Å². The molecular weight excluding hydrogens is 1110 g/mol. The van der Waals surface area contributed by atoms with Crippen LogP contribution in [0.3, 0.4) is 0 Å². The molecule has 82 heavy (non-hydrogen) atoms. The minimum Gasteiger partial charge on any atom is -0.458 e. The van der Waals surface area contributed by atoms with Crippen molar-refractivity contribution >= 4 is 87.4 Å². The van der Waals surface area contributed by atoms with Crippen LogP contribution in [0.1, 0.15) is 94.0 Å². The van der Waals surface area contributed by atoms with Crippen molar-refractivity contribution in [3.63, 3.8) is 0 Å². The molecule has 446 valence electrons. The number of imide groups is 1. The Morgan fingerprint density at radius 2 is 1.51 bits per heavy atom. The summed E-state index contributed by atoms with van der Waals surface area (Å²) in [7, 11) is 1.24. The molecule has 6 rings (SSSR count). The van der Waals surface area contributed by atoms with E-state index in [2.05, 4.69) is 16.0 Å². The number of Topliss-reactive ketones (excluding diaryl/α,β-unsaturated/α-hetero) is 2. The van der Waals surface area contributed by atoms with Gasteiger partial charge in [0.15, 0.2) is 17.2 Å². The Kier molecular flexibility index (Phi) is 22.3. The number of esters is 1. The lowest BCUT2D eigenvalue weighted by molar-refractivity contribution is -0.172. The molecule has 0 bridgehead atoms. The number of pyridine rings is 2. The van der Waals surface area contributed by atoms with Gasteiger partial charge in [-0.1, -0.05) is 20.8 Å². The molecule has 6 amide bonds. The standard InChI is InChI=1S/C55H70FN7O17S2/c1-7-55(79)35-19-39-48-32(21-63(39)53(77)33(35)24-80-54(55)78)34(31-16-27(2)36(56)20-38(31)60-48)25-81-14-15-82-26-57-51(75)28(3)17-40(65)30(5)58-52(76)29(4)18-41(66)37(59-44(69)12-13-62-46(71)10-11-47(62)72)8-9-45(70)61(6)22-42(67)49(73)50(74)43(68)23-64/h10-11,16,19-20,28-30,37,42-43,49-50,64,67-68,73-74,79H,7-9,12-15,17-18,21-26H2,1-6H3,(H,57,75)(H,58,76)(H,59,69)/t28-,29-,30+,37+,42+,43-,49-,50-,55+/m1/s1. The summed E-state index contributed by atoms with van der Waals surface area (Å²) in [5, 5.41) is 69.1. The van der Waals surface area contributed by atoms with Gasteiger partial charge >= 0.3 is 5.97 Å². The first-order chi connectivity index (χ1) is 38.7. The molecule has 0 aliphatic carbocycles. The molecule has 27 heteroatoms. The third-order valence-electron chi connectivity index (χ3n) is 14.9. The number of carbonyl (C=O) groups is 9. The fourth-order valence-corrected chi connectivity index (χ4v) is 11.6. The Morgan fingerprint density at radius 1 is 0.866 bits per heavy atom. The third kappa shape index (κ3) is 15.0. The van der Waals surface area contributed by atoms with Gasteiger partial charge < -0.3 is 60.8 Å². The van der Waals surface area contributed by atoms with E-state index in [4.69, 9.17) is 14.8 Å². The normalized spacial score (nSPS) is 18.3. The third-order valence-corrected chi connectivity index (χ3v) is 16.9. The second-order valence-electron chi connectivity index (χ2n) is 20.8. The number of carbonyl (C=O) groups excluding carboxylic acids is 9. The van der Waals surface area contributed by atoms with Crippen LogP contribution in [-0.4, -0.2) is 184 Å². The summed E-state index contributed by atoms with van der Waals surface area (Å²) in [5.74, 6) is -6.22. The highest BCUT2D eigenvalue weighted by Gasteiger charge is 2.46. The van der Waals surface area contributed by atoms with Crippen LogP contribution in [0.2, 0.25) is 0 Å². The monoisotopic (exact) mass is 1180 g/mol. The molecule has 0 fully saturated rings. The Balaban J connectivity index is 0.967. The molecule has 5 heterocycles. The summed E-state index contributed by atoms with van der Waals surface area (Å²) in [6.45, 7) is 5.77. The molecule has 3 aromatic rings. The summed E-state index contributed by atoms with van der Waals surface area (Å²) in [4.78, 5) is 137. The van der Waals surface area contributed by atoms with Gasteiger partial charge in [0.1, 0.15) is 36.8 Å². The van der Waals surface area contributed by atoms with Crippen LogP contribution in [0.4, 0.5) is 4.39 Å². The number of nitrogens with zero attached hydrogens (tertiary/aromatic N) is 4. The summed E-state index contributed by atoms with van der Waals surface area (Å²) >= 11 is 3.02. The number of likely N-dealkylation sites (N-methyl/N-ethyl adjacent to an activating group) is 1. The number of aliphatic hydroxyl groups is 6. The zero-order chi connectivity index (χ0) is 60.5. The number of benzene rings is 1. The van der Waals surface area contributed by atoms with Crippen LogP contribution in [0.25, 0.3) is 22.3 Å². The maximum atomic E-state index is 15.0. The molecule has 1 aromatic carbocycles. The van der Waals surface area contributed by atoms with E-state index >= 15 is 0 Å². The Morgan fingerprint density at radius 3 is 2.18 bits per heavy atom. The second kappa shape index (κ2) is 28.2. The highest BCUT2D eigenvalue weighted by atomic mass is 32.2. The maximum Gasteiger partial charge on any atom is 0.343 e. The van der Waals surface area contributed by atoms with E-state index in [0.29, 0.717) is 39.7 Å². The Labute approximate surface area is 479 Å². The van der Waals surface area contributed by atoms with Crippen molar-refractivity contribution in [2.45, 2.75) is 134 Å². The molecule has 2 aromatic heterocycles. The molecule has 3 aliphatic rings. The van der Waals surface area contributed by atoms with Gasteiger partial charge in [-0.05, 0) is 49.9 Å². The van der Waals surface area contributed by atoms with Crippen molar-refractivity contribution in [2.24, 2.45) is 11.8 Å². The highest BCUT2D eigenvalue weighted by Crippen LogP contribution is 2.41. The number of thioether (sulfide) groups is 2. The van der Waals surface area contributed by atoms with Crippen molar-refractivity contribution in [1.29, 1.82) is 0 Å². The molecule has 0 spiro atoms. The molecule has 0 unspecified atom stereocenters. The van der Waals surface area contributed by atoms with Gasteiger partial charge in [-0.15, -0.1) is 11.8 Å². The first kappa shape index (κ1) is 64.7. The SMILES string of the molecule is CC[C@@]1(O)C(=O)OCc2c1cc1n(c2=O)Cc2c-1nc1cc(F)c(C)cc1c2CSCCSCNC(=O)[C@H](C)CC(=O)[C@H](C)NC(=O)[C@H](C)CC(=O)[C@H](CCC(=O)N(C)C[C@H](O)[C@@H](O)[C@H](O)[C@H](O)CO)NC(=O)CCN1C(=O)C=CC1=O. The number of nitrogens with one attached hydrogen (secondary N) is 3. The average Bonchev–Trinajstić information content (AvgIpc) is 4.13. The van der Waals surface area contributed by atoms with Gasteiger partial charge in [0.25, 0.3) is 17.4 Å². The van der Waals surface area contributed by atoms with E-state index in [1.54, 1.807) is 44.7 Å². The zero-order valence-corrected chi connectivity index (χ0v) is 47.9. The zero-order valence-electron chi connectivity index (χ0n) is 46.3. The first-order valence-electron chi connectivity index (χ1n) is 26.7. The summed E-state index contributed by atoms with van der Waals surface area (Å²) in [6.07, 6.45) is -7.25. The van der Waals surface area contributed by atoms with Crippen LogP contribution >= 0.6 is 23.5 Å². The van der Waals surface area contributed by atoms with Crippen molar-refractivity contribution < 1.29 is 82.9 Å². The second-order valence-corrected chi connectivity index (χ2v) is 23.0. The molecule has 0 saturated carbocycles. The van der Waals surface area contributed by atoms with Gasteiger partial charge in [-0.25, -0.2) is 14.2 Å². The maximum absolute atomic E-state index is 15.0. The highest BCUT2D eigenvalue weighted by molar-refractivity contribution is 8.02. The minimum absolute atomic E-state index is 0.0196. The fraction of sp³-hybridized carbons (Fsp3) is 0.545. The first-order valence-corrected chi connectivity index (χ1v) is 29.0. The molecule has 0 saturated heterocycles. The minimum atomic E-state index is -2.01. The van der Waals surface area contributed by atoms with E-state index in [9.17, 15) is 77.9 Å². The Bertz CT molecular complexity index is 3070. The smallest absolute Gasteiger partial charge is 0.343 e. The fourth-order valence-electron chi connectivity index (χ4n) is 9.62. The lowest BCUT2D eigenvalue weighted by Crippen LogP contribution is -2.50. The van der Waals surface area contributed by atoms with Crippen molar-refractivity contribution in [3.05, 3.63) is 74.3 Å².